The van der Waals surface area contributed by atoms with Gasteiger partial charge >= 0.3 is 0 Å². The molecule has 0 aliphatic rings. The van der Waals surface area contributed by atoms with E-state index in [4.69, 9.17) is 4.42 Å². The average molecular weight is 759 g/mol. The lowest BCUT2D eigenvalue weighted by molar-refractivity contribution is 0.670. The number of hydrogen-bond acceptors (Lipinski definition) is 2. The first-order chi connectivity index (χ1) is 28.6. The lowest BCUT2D eigenvalue weighted by Crippen LogP contribution is -2.31. The van der Waals surface area contributed by atoms with E-state index in [2.05, 4.69) is 185 Å². The number of hydrogen-bond donors (Lipinski definition) is 0. The Labute approximate surface area is 340 Å². The molecule has 0 aliphatic carbocycles. The van der Waals surface area contributed by atoms with Crippen LogP contribution in [0.1, 0.15) is 25.0 Å². The number of benzene rings is 9. The first-order valence-electron chi connectivity index (χ1n) is 19.9. The van der Waals surface area contributed by atoms with E-state index in [1.807, 2.05) is 23.5 Å². The molecule has 0 fully saturated rings. The van der Waals surface area contributed by atoms with E-state index in [0.29, 0.717) is 0 Å². The normalized spacial score (nSPS) is 12.7. The summed E-state index contributed by atoms with van der Waals surface area (Å²) in [6, 6.07) is 53.1. The summed E-state index contributed by atoms with van der Waals surface area (Å²) in [6.45, 7) is 13.0. The van der Waals surface area contributed by atoms with Gasteiger partial charge in [-0.1, -0.05) is 147 Å². The third-order valence-electron chi connectivity index (χ3n) is 12.1. The molecule has 2 heterocycles. The number of para-hydroxylation sites is 1. The van der Waals surface area contributed by atoms with Crippen molar-refractivity contribution >= 4 is 110 Å². The van der Waals surface area contributed by atoms with Gasteiger partial charge in [0.25, 0.3) is 0 Å². The van der Waals surface area contributed by atoms with Crippen molar-refractivity contribution in [3.05, 3.63) is 180 Å². The summed E-state index contributed by atoms with van der Waals surface area (Å²) in [4.78, 5) is 0. The third kappa shape index (κ3) is 5.02. The number of furan rings is 1. The molecule has 0 radical (unpaired) electrons. The van der Waals surface area contributed by atoms with Crippen LogP contribution in [0.5, 0.6) is 0 Å². The van der Waals surface area contributed by atoms with Gasteiger partial charge in [-0.3, -0.25) is 0 Å². The second-order valence-electron chi connectivity index (χ2n) is 15.1. The molecule has 11 rings (SSSR count). The van der Waals surface area contributed by atoms with Gasteiger partial charge in [-0.05, 0) is 127 Å². The summed E-state index contributed by atoms with van der Waals surface area (Å²) in [7, 11) is 0. The Morgan fingerprint density at radius 1 is 0.483 bits per heavy atom. The molecule has 0 aliphatic heterocycles. The molecule has 2 heteroatoms. The van der Waals surface area contributed by atoms with Crippen molar-refractivity contribution in [3.63, 3.8) is 0 Å². The van der Waals surface area contributed by atoms with Gasteiger partial charge in [-0.25, -0.2) is 0 Å². The Bertz CT molecular complexity index is 3690. The van der Waals surface area contributed by atoms with Crippen molar-refractivity contribution in [2.24, 2.45) is 0 Å². The molecular weight excluding hydrogens is 721 g/mol. The van der Waals surface area contributed by atoms with Crippen LogP contribution in [0.3, 0.4) is 0 Å². The van der Waals surface area contributed by atoms with Gasteiger partial charge in [-0.15, -0.1) is 11.3 Å². The summed E-state index contributed by atoms with van der Waals surface area (Å²) in [5.41, 5.74) is 10.9. The summed E-state index contributed by atoms with van der Waals surface area (Å²) in [6.07, 6.45) is 8.49. The first kappa shape index (κ1) is 34.3. The molecule has 11 aromatic rings. The second kappa shape index (κ2) is 13.3. The Morgan fingerprint density at radius 2 is 1.03 bits per heavy atom. The molecule has 0 saturated carbocycles. The van der Waals surface area contributed by atoms with Gasteiger partial charge in [0, 0.05) is 41.9 Å². The molecular formula is C56H38OS. The molecule has 0 atom stereocenters. The fraction of sp³-hybridized carbons (Fsp3) is 0.0357. The van der Waals surface area contributed by atoms with Crippen molar-refractivity contribution in [2.45, 2.75) is 13.8 Å². The summed E-state index contributed by atoms with van der Waals surface area (Å²) >= 11 is 1.88. The Morgan fingerprint density at radius 3 is 1.72 bits per heavy atom. The summed E-state index contributed by atoms with van der Waals surface area (Å²) in [5, 5.41) is 14.6. The minimum absolute atomic E-state index is 0.906. The zero-order valence-corrected chi connectivity index (χ0v) is 33.2. The molecule has 0 unspecified atom stereocenters. The zero-order valence-electron chi connectivity index (χ0n) is 32.4. The fourth-order valence-corrected chi connectivity index (χ4v) is 10.7. The van der Waals surface area contributed by atoms with E-state index in [9.17, 15) is 0 Å². The maximum atomic E-state index is 6.74. The monoisotopic (exact) mass is 758 g/mol. The highest BCUT2D eigenvalue weighted by Crippen LogP contribution is 2.46. The minimum atomic E-state index is 0.906. The molecule has 2 aromatic heterocycles. The standard InChI is InChI=1S/C56H38OS/c1-5-40-42(7-3)53(43(8-4)41(6-2)52(40)38-25-21-33-15-9-10-16-34(33)30-38)39-26-23-35-29-37(24-22-36(35)31-39)48-32-49-45(54-47-18-11-13-19-50(47)57-55(48)54)27-28-46-44-17-12-14-20-51(44)58-56(46)49/h5-32H,1,3H2,2,4H3/b41-6+,43-8+. The molecule has 0 saturated heterocycles. The highest BCUT2D eigenvalue weighted by Gasteiger charge is 2.21. The van der Waals surface area contributed by atoms with Crippen LogP contribution in [0.25, 0.3) is 132 Å². The van der Waals surface area contributed by atoms with E-state index in [1.54, 1.807) is 0 Å². The third-order valence-corrected chi connectivity index (χ3v) is 13.3. The minimum Gasteiger partial charge on any atom is -0.455 e. The lowest BCUT2D eigenvalue weighted by atomic mass is 9.84. The molecule has 0 N–H and O–H groups in total. The molecule has 58 heavy (non-hydrogen) atoms. The molecule has 1 nitrogen and oxygen atoms in total. The number of fused-ring (bicyclic) bond motifs is 11. The van der Waals surface area contributed by atoms with Crippen LogP contribution in [-0.4, -0.2) is 0 Å². The molecule has 9 aromatic carbocycles. The predicted molar refractivity (Wildman–Crippen MR) is 255 cm³/mol. The van der Waals surface area contributed by atoms with Gasteiger partial charge in [0.15, 0.2) is 0 Å². The topological polar surface area (TPSA) is 13.1 Å². The van der Waals surface area contributed by atoms with Crippen LogP contribution in [0.4, 0.5) is 0 Å². The quantitative estimate of drug-likeness (QED) is 0.170. The molecule has 274 valence electrons. The summed E-state index contributed by atoms with van der Waals surface area (Å²) in [5.74, 6) is 0. The van der Waals surface area contributed by atoms with Crippen molar-refractivity contribution in [1.29, 1.82) is 0 Å². The summed E-state index contributed by atoms with van der Waals surface area (Å²) < 4.78 is 9.36. The van der Waals surface area contributed by atoms with E-state index in [0.717, 1.165) is 44.4 Å². The van der Waals surface area contributed by atoms with E-state index in [-0.39, 0.29) is 0 Å². The maximum absolute atomic E-state index is 6.74. The SMILES string of the molecule is C=Cc1c(C=C)c(-c2ccc3cc(-c4cc5c(ccc6c7ccccc7sc65)c5c4oc4ccccc45)ccc3c2)c(=C/C)/c(=C\C)c1-c1ccc2ccccc2c1. The van der Waals surface area contributed by atoms with Crippen LogP contribution in [0.15, 0.2) is 163 Å². The number of rotatable bonds is 5. The van der Waals surface area contributed by atoms with Gasteiger partial charge < -0.3 is 4.42 Å². The largest absolute Gasteiger partial charge is 0.455 e. The van der Waals surface area contributed by atoms with Gasteiger partial charge in [0.05, 0.1) is 0 Å². The fourth-order valence-electron chi connectivity index (χ4n) is 9.49. The average Bonchev–Trinajstić information content (AvgIpc) is 3.86. The van der Waals surface area contributed by atoms with Crippen LogP contribution >= 0.6 is 11.3 Å². The second-order valence-corrected chi connectivity index (χ2v) is 16.1. The van der Waals surface area contributed by atoms with Crippen LogP contribution in [0, 0.1) is 0 Å². The smallest absolute Gasteiger partial charge is 0.143 e. The molecule has 0 bridgehead atoms. The Hall–Kier alpha value is -7.00. The van der Waals surface area contributed by atoms with Crippen LogP contribution < -0.4 is 10.4 Å². The highest BCUT2D eigenvalue weighted by molar-refractivity contribution is 7.26. The van der Waals surface area contributed by atoms with Crippen molar-refractivity contribution in [2.75, 3.05) is 0 Å². The Kier molecular flexibility index (Phi) is 7.86. The van der Waals surface area contributed by atoms with Crippen molar-refractivity contribution in [3.8, 4) is 33.4 Å². The molecule has 0 amide bonds. The first-order valence-corrected chi connectivity index (χ1v) is 20.7. The van der Waals surface area contributed by atoms with Crippen molar-refractivity contribution < 1.29 is 4.42 Å². The van der Waals surface area contributed by atoms with E-state index in [1.165, 1.54) is 85.0 Å². The lowest BCUT2D eigenvalue weighted by Gasteiger charge is -2.19. The van der Waals surface area contributed by atoms with Crippen molar-refractivity contribution in [1.82, 2.24) is 0 Å². The predicted octanol–water partition coefficient (Wildman–Crippen LogP) is 15.3. The van der Waals surface area contributed by atoms with Gasteiger partial charge in [-0.2, -0.15) is 0 Å². The highest BCUT2D eigenvalue weighted by atomic mass is 32.1. The van der Waals surface area contributed by atoms with Gasteiger partial charge in [0.2, 0.25) is 0 Å². The van der Waals surface area contributed by atoms with Gasteiger partial charge in [0.1, 0.15) is 11.2 Å². The maximum Gasteiger partial charge on any atom is 0.143 e. The van der Waals surface area contributed by atoms with Crippen LogP contribution in [-0.2, 0) is 0 Å². The van der Waals surface area contributed by atoms with Crippen LogP contribution in [0.2, 0.25) is 0 Å². The van der Waals surface area contributed by atoms with E-state index >= 15 is 0 Å². The molecule has 0 spiro atoms. The number of thiophene rings is 1. The van der Waals surface area contributed by atoms with E-state index < -0.39 is 0 Å². The zero-order chi connectivity index (χ0) is 39.1. The Balaban J connectivity index is 1.11.